The van der Waals surface area contributed by atoms with Gasteiger partial charge < -0.3 is 13.9 Å². The van der Waals surface area contributed by atoms with E-state index >= 15 is 0 Å². The second-order valence-electron chi connectivity index (χ2n) is 11.1. The van der Waals surface area contributed by atoms with Crippen molar-refractivity contribution in [2.24, 2.45) is 5.92 Å². The summed E-state index contributed by atoms with van der Waals surface area (Å²) in [5.41, 5.74) is 1.35. The van der Waals surface area contributed by atoms with Gasteiger partial charge in [-0.1, -0.05) is 112 Å². The summed E-state index contributed by atoms with van der Waals surface area (Å²) in [5, 5.41) is 2.64. The van der Waals surface area contributed by atoms with E-state index in [1.165, 1.54) is 15.9 Å². The Hall–Kier alpha value is -2.24. The lowest BCUT2D eigenvalue weighted by molar-refractivity contribution is -0.200. The van der Waals surface area contributed by atoms with Crippen molar-refractivity contribution in [3.05, 3.63) is 96.6 Å². The zero-order valence-electron chi connectivity index (χ0n) is 21.3. The van der Waals surface area contributed by atoms with E-state index in [-0.39, 0.29) is 11.1 Å². The average Bonchev–Trinajstić information content (AvgIpc) is 3.32. The summed E-state index contributed by atoms with van der Waals surface area (Å²) in [6, 6.07) is 32.8. The Labute approximate surface area is 211 Å². The molecule has 0 amide bonds. The fraction of sp³-hybridized carbons (Fsp3) is 0.419. The van der Waals surface area contributed by atoms with Crippen LogP contribution < -0.4 is 10.4 Å². The minimum absolute atomic E-state index is 0.0392. The zero-order chi connectivity index (χ0) is 24.4. The van der Waals surface area contributed by atoms with Crippen LogP contribution in [0.4, 0.5) is 0 Å². The van der Waals surface area contributed by atoms with Crippen molar-refractivity contribution in [3.63, 3.8) is 0 Å². The first-order valence-corrected chi connectivity index (χ1v) is 14.9. The lowest BCUT2D eigenvalue weighted by Gasteiger charge is -2.49. The number of rotatable bonds is 6. The Bertz CT molecular complexity index is 1030. The van der Waals surface area contributed by atoms with Gasteiger partial charge in [-0.25, -0.2) is 0 Å². The van der Waals surface area contributed by atoms with Crippen LogP contribution in [0.2, 0.25) is 5.04 Å². The molecule has 5 rings (SSSR count). The molecule has 35 heavy (non-hydrogen) atoms. The minimum Gasteiger partial charge on any atom is -0.404 e. The van der Waals surface area contributed by atoms with Gasteiger partial charge in [-0.05, 0) is 39.7 Å². The SMILES string of the molecule is CC(C)(C)[Si](O[C@H]1CCC2(C[C@@H]1Cc1ccccc1)OCCO2)(c1ccccc1)c1ccccc1. The van der Waals surface area contributed by atoms with E-state index in [9.17, 15) is 0 Å². The highest BCUT2D eigenvalue weighted by atomic mass is 28.4. The molecule has 1 heterocycles. The van der Waals surface area contributed by atoms with E-state index in [2.05, 4.69) is 112 Å². The van der Waals surface area contributed by atoms with Gasteiger partial charge in [0, 0.05) is 18.9 Å². The van der Waals surface area contributed by atoms with Crippen molar-refractivity contribution in [3.8, 4) is 0 Å². The average molecular weight is 487 g/mol. The Morgan fingerprint density at radius 1 is 0.800 bits per heavy atom. The molecule has 2 fully saturated rings. The number of hydrogen-bond acceptors (Lipinski definition) is 3. The summed E-state index contributed by atoms with van der Waals surface area (Å²) in [4.78, 5) is 0. The van der Waals surface area contributed by atoms with Crippen LogP contribution in [0.1, 0.15) is 45.6 Å². The predicted molar refractivity (Wildman–Crippen MR) is 145 cm³/mol. The molecule has 0 unspecified atom stereocenters. The summed E-state index contributed by atoms with van der Waals surface area (Å²) < 4.78 is 20.0. The molecule has 3 aromatic rings. The molecular weight excluding hydrogens is 448 g/mol. The van der Waals surface area contributed by atoms with Gasteiger partial charge in [0.2, 0.25) is 0 Å². The fourth-order valence-electron chi connectivity index (χ4n) is 6.18. The van der Waals surface area contributed by atoms with Crippen molar-refractivity contribution in [2.45, 2.75) is 63.4 Å². The lowest BCUT2D eigenvalue weighted by atomic mass is 9.79. The third kappa shape index (κ3) is 4.90. The van der Waals surface area contributed by atoms with E-state index in [0.717, 1.165) is 25.7 Å². The quantitative estimate of drug-likeness (QED) is 0.417. The predicted octanol–water partition coefficient (Wildman–Crippen LogP) is 5.72. The molecule has 0 bridgehead atoms. The second kappa shape index (κ2) is 10.0. The van der Waals surface area contributed by atoms with Crippen molar-refractivity contribution < 1.29 is 13.9 Å². The van der Waals surface area contributed by atoms with Crippen molar-refractivity contribution in [1.29, 1.82) is 0 Å². The van der Waals surface area contributed by atoms with Crippen molar-refractivity contribution >= 4 is 18.7 Å². The van der Waals surface area contributed by atoms with Gasteiger partial charge in [0.1, 0.15) is 0 Å². The molecule has 1 saturated carbocycles. The Morgan fingerprint density at radius 2 is 1.31 bits per heavy atom. The van der Waals surface area contributed by atoms with Crippen molar-refractivity contribution in [1.82, 2.24) is 0 Å². The molecule has 2 atom stereocenters. The summed E-state index contributed by atoms with van der Waals surface area (Å²) >= 11 is 0. The Kier molecular flexibility index (Phi) is 7.00. The number of benzene rings is 3. The largest absolute Gasteiger partial charge is 0.404 e. The first-order chi connectivity index (χ1) is 16.9. The van der Waals surface area contributed by atoms with Crippen LogP contribution in [0.15, 0.2) is 91.0 Å². The molecule has 3 nitrogen and oxygen atoms in total. The number of ether oxygens (including phenoxy) is 2. The van der Waals surface area contributed by atoms with Gasteiger partial charge in [0.25, 0.3) is 8.32 Å². The fourth-order valence-corrected chi connectivity index (χ4v) is 11.0. The van der Waals surface area contributed by atoms with Gasteiger partial charge in [-0.3, -0.25) is 0 Å². The van der Waals surface area contributed by atoms with Crippen LogP contribution in [0.3, 0.4) is 0 Å². The molecule has 0 N–H and O–H groups in total. The first-order valence-electron chi connectivity index (χ1n) is 13.0. The molecule has 1 aliphatic heterocycles. The molecule has 0 radical (unpaired) electrons. The summed E-state index contributed by atoms with van der Waals surface area (Å²) in [6.07, 6.45) is 3.83. The highest BCUT2D eigenvalue weighted by Gasteiger charge is 2.54. The van der Waals surface area contributed by atoms with E-state index < -0.39 is 14.1 Å². The standard InChI is InChI=1S/C31H38O3Si/c1-30(2,3)35(27-15-9-5-10-16-27,28-17-11-6-12-18-28)34-29-19-20-31(32-21-22-33-31)24-26(29)23-25-13-7-4-8-14-25/h4-18,26,29H,19-24H2,1-3H3/t26-,29-/m0/s1. The van der Waals surface area contributed by atoms with E-state index in [4.69, 9.17) is 13.9 Å². The van der Waals surface area contributed by atoms with Crippen LogP contribution in [0, 0.1) is 5.92 Å². The van der Waals surface area contributed by atoms with Gasteiger partial charge in [-0.15, -0.1) is 0 Å². The molecule has 1 saturated heterocycles. The summed E-state index contributed by atoms with van der Waals surface area (Å²) in [6.45, 7) is 8.47. The third-order valence-corrected chi connectivity index (χ3v) is 12.9. The van der Waals surface area contributed by atoms with Gasteiger partial charge >= 0.3 is 0 Å². The van der Waals surface area contributed by atoms with Crippen LogP contribution >= 0.6 is 0 Å². The van der Waals surface area contributed by atoms with E-state index in [0.29, 0.717) is 19.1 Å². The lowest BCUT2D eigenvalue weighted by Crippen LogP contribution is -2.68. The van der Waals surface area contributed by atoms with Crippen LogP contribution in [-0.4, -0.2) is 33.4 Å². The Balaban J connectivity index is 1.56. The van der Waals surface area contributed by atoms with Gasteiger partial charge in [-0.2, -0.15) is 0 Å². The van der Waals surface area contributed by atoms with Crippen molar-refractivity contribution in [2.75, 3.05) is 13.2 Å². The monoisotopic (exact) mass is 486 g/mol. The van der Waals surface area contributed by atoms with Crippen LogP contribution in [0.5, 0.6) is 0 Å². The first kappa shape index (κ1) is 24.5. The van der Waals surface area contributed by atoms with Crippen LogP contribution in [-0.2, 0) is 20.3 Å². The molecule has 0 aromatic heterocycles. The van der Waals surface area contributed by atoms with E-state index in [1.807, 2.05) is 0 Å². The Morgan fingerprint density at radius 3 is 1.83 bits per heavy atom. The minimum atomic E-state index is -2.63. The second-order valence-corrected chi connectivity index (χ2v) is 15.4. The smallest absolute Gasteiger partial charge is 0.261 e. The molecular formula is C31H38O3Si. The maximum absolute atomic E-state index is 7.63. The molecule has 184 valence electrons. The summed E-state index contributed by atoms with van der Waals surface area (Å²) in [7, 11) is -2.63. The normalized spacial score (nSPS) is 22.4. The van der Waals surface area contributed by atoms with Gasteiger partial charge in [0.15, 0.2) is 5.79 Å². The third-order valence-electron chi connectivity index (χ3n) is 7.81. The molecule has 1 aliphatic carbocycles. The molecule has 3 aromatic carbocycles. The zero-order valence-corrected chi connectivity index (χ0v) is 22.3. The molecule has 4 heteroatoms. The topological polar surface area (TPSA) is 27.7 Å². The maximum atomic E-state index is 7.63. The maximum Gasteiger partial charge on any atom is 0.261 e. The van der Waals surface area contributed by atoms with E-state index in [1.54, 1.807) is 0 Å². The number of hydrogen-bond donors (Lipinski definition) is 0. The van der Waals surface area contributed by atoms with Gasteiger partial charge in [0.05, 0.1) is 13.2 Å². The molecule has 1 spiro atoms. The molecule has 2 aliphatic rings. The highest BCUT2D eigenvalue weighted by molar-refractivity contribution is 6.99. The summed E-state index contributed by atoms with van der Waals surface area (Å²) in [5.74, 6) is -0.115. The van der Waals surface area contributed by atoms with Crippen LogP contribution in [0.25, 0.3) is 0 Å². The highest BCUT2D eigenvalue weighted by Crippen LogP contribution is 2.45.